The van der Waals surface area contributed by atoms with Gasteiger partial charge in [0, 0.05) is 18.9 Å². The molecule has 1 saturated carbocycles. The average molecular weight is 354 g/mol. The van der Waals surface area contributed by atoms with Crippen LogP contribution in [-0.4, -0.2) is 66.5 Å². The van der Waals surface area contributed by atoms with E-state index >= 15 is 0 Å². The Labute approximate surface area is 142 Å². The van der Waals surface area contributed by atoms with Crippen LogP contribution in [0.5, 0.6) is 11.5 Å². The van der Waals surface area contributed by atoms with Crippen LogP contribution in [0.25, 0.3) is 6.08 Å². The molecule has 3 unspecified atom stereocenters. The lowest BCUT2D eigenvalue weighted by atomic mass is 9.79. The molecule has 0 radical (unpaired) electrons. The Morgan fingerprint density at radius 2 is 1.84 bits per heavy atom. The van der Waals surface area contributed by atoms with Gasteiger partial charge in [-0.05, 0) is 23.8 Å². The number of ether oxygens (including phenoxy) is 1. The van der Waals surface area contributed by atoms with Crippen LogP contribution in [0.4, 0.5) is 0 Å². The van der Waals surface area contributed by atoms with E-state index in [2.05, 4.69) is 0 Å². The first-order valence-electron chi connectivity index (χ1n) is 7.35. The number of carbonyl (C=O) groups excluding carboxylic acids is 1. The molecule has 1 aromatic rings. The number of hydrogen-bond donors (Lipinski definition) is 6. The van der Waals surface area contributed by atoms with Gasteiger partial charge in [0.05, 0.1) is 6.10 Å². The van der Waals surface area contributed by atoms with Gasteiger partial charge in [-0.3, -0.25) is 0 Å². The summed E-state index contributed by atoms with van der Waals surface area (Å²) >= 11 is 0. The maximum Gasteiger partial charge on any atom is 0.335 e. The number of aliphatic hydroxyl groups excluding tert-OH is 2. The van der Waals surface area contributed by atoms with E-state index in [0.29, 0.717) is 5.56 Å². The quantitative estimate of drug-likeness (QED) is 0.234. The van der Waals surface area contributed by atoms with Crippen LogP contribution in [0.3, 0.4) is 0 Å². The van der Waals surface area contributed by atoms with Crippen LogP contribution < -0.4 is 0 Å². The van der Waals surface area contributed by atoms with Crippen molar-refractivity contribution in [2.75, 3.05) is 0 Å². The Kier molecular flexibility index (Phi) is 5.31. The third kappa shape index (κ3) is 4.27. The molecular weight excluding hydrogens is 336 g/mol. The zero-order valence-corrected chi connectivity index (χ0v) is 12.9. The van der Waals surface area contributed by atoms with Crippen molar-refractivity contribution < 1.29 is 45.0 Å². The molecule has 0 aliphatic heterocycles. The predicted octanol–water partition coefficient (Wildman–Crippen LogP) is -0.646. The molecule has 0 aromatic heterocycles. The molecule has 6 N–H and O–H groups in total. The summed E-state index contributed by atoms with van der Waals surface area (Å²) in [6.07, 6.45) is -3.44. The van der Waals surface area contributed by atoms with Crippen molar-refractivity contribution in [3.63, 3.8) is 0 Å². The number of carbonyl (C=O) groups is 2. The summed E-state index contributed by atoms with van der Waals surface area (Å²) < 4.78 is 4.92. The predicted molar refractivity (Wildman–Crippen MR) is 82.5 cm³/mol. The van der Waals surface area contributed by atoms with Crippen LogP contribution in [0.2, 0.25) is 0 Å². The van der Waals surface area contributed by atoms with E-state index in [1.54, 1.807) is 0 Å². The smallest absolute Gasteiger partial charge is 0.335 e. The highest BCUT2D eigenvalue weighted by atomic mass is 16.6. The molecule has 4 atom stereocenters. The first-order chi connectivity index (χ1) is 11.6. The van der Waals surface area contributed by atoms with Crippen LogP contribution in [-0.2, 0) is 14.3 Å². The van der Waals surface area contributed by atoms with E-state index in [1.165, 1.54) is 24.3 Å². The van der Waals surface area contributed by atoms with Gasteiger partial charge in [0.2, 0.25) is 0 Å². The zero-order chi connectivity index (χ0) is 18.8. The van der Waals surface area contributed by atoms with Gasteiger partial charge in [-0.25, -0.2) is 9.59 Å². The van der Waals surface area contributed by atoms with E-state index in [4.69, 9.17) is 9.84 Å². The number of esters is 1. The molecule has 136 valence electrons. The summed E-state index contributed by atoms with van der Waals surface area (Å²) in [5.41, 5.74) is -1.94. The van der Waals surface area contributed by atoms with Crippen molar-refractivity contribution in [1.82, 2.24) is 0 Å². The van der Waals surface area contributed by atoms with Gasteiger partial charge in [-0.15, -0.1) is 0 Å². The minimum atomic E-state index is -2.31. The molecule has 9 nitrogen and oxygen atoms in total. The molecule has 0 amide bonds. The second-order valence-electron chi connectivity index (χ2n) is 5.86. The topological polar surface area (TPSA) is 165 Å². The second-order valence-corrected chi connectivity index (χ2v) is 5.86. The fraction of sp³-hybridized carbons (Fsp3) is 0.375. The molecule has 1 aliphatic carbocycles. The molecule has 9 heteroatoms. The summed E-state index contributed by atoms with van der Waals surface area (Å²) in [4.78, 5) is 22.9. The molecule has 1 aliphatic rings. The van der Waals surface area contributed by atoms with Crippen LogP contribution in [0.15, 0.2) is 24.3 Å². The molecule has 0 heterocycles. The first kappa shape index (κ1) is 18.7. The third-order valence-electron chi connectivity index (χ3n) is 3.94. The highest BCUT2D eigenvalue weighted by molar-refractivity contribution is 5.87. The first-order valence-corrected chi connectivity index (χ1v) is 7.35. The lowest BCUT2D eigenvalue weighted by molar-refractivity contribution is -0.196. The average Bonchev–Trinajstić information content (AvgIpc) is 2.53. The molecule has 2 rings (SSSR count). The number of phenols is 2. The van der Waals surface area contributed by atoms with Gasteiger partial charge in [0.1, 0.15) is 12.2 Å². The van der Waals surface area contributed by atoms with E-state index in [9.17, 15) is 35.1 Å². The highest BCUT2D eigenvalue weighted by Crippen LogP contribution is 2.31. The lowest BCUT2D eigenvalue weighted by Gasteiger charge is -2.39. The van der Waals surface area contributed by atoms with Crippen molar-refractivity contribution in [2.24, 2.45) is 0 Å². The Morgan fingerprint density at radius 3 is 2.44 bits per heavy atom. The van der Waals surface area contributed by atoms with Crippen molar-refractivity contribution in [3.8, 4) is 11.5 Å². The number of carboxylic acids is 1. The van der Waals surface area contributed by atoms with Gasteiger partial charge < -0.3 is 35.4 Å². The van der Waals surface area contributed by atoms with Gasteiger partial charge in [0.15, 0.2) is 17.1 Å². The number of hydrogen-bond acceptors (Lipinski definition) is 8. The van der Waals surface area contributed by atoms with Crippen molar-refractivity contribution >= 4 is 18.0 Å². The second kappa shape index (κ2) is 7.09. The fourth-order valence-electron chi connectivity index (χ4n) is 2.53. The Hall–Kier alpha value is -2.62. The number of rotatable bonds is 4. The Morgan fingerprint density at radius 1 is 1.16 bits per heavy atom. The number of phenolic OH excluding ortho intramolecular Hbond substituents is 2. The number of aromatic hydroxyl groups is 2. The minimum Gasteiger partial charge on any atom is -0.504 e. The molecule has 1 aromatic carbocycles. The summed E-state index contributed by atoms with van der Waals surface area (Å²) in [5, 5.41) is 57.0. The van der Waals surface area contributed by atoms with Crippen molar-refractivity contribution in [2.45, 2.75) is 36.8 Å². The number of aliphatic hydroxyl groups is 3. The maximum atomic E-state index is 11.8. The molecule has 0 spiro atoms. The molecule has 0 bridgehead atoms. The highest BCUT2D eigenvalue weighted by Gasteiger charge is 2.50. The van der Waals surface area contributed by atoms with Gasteiger partial charge in [-0.1, -0.05) is 6.07 Å². The lowest BCUT2D eigenvalue weighted by Crippen LogP contribution is -2.57. The summed E-state index contributed by atoms with van der Waals surface area (Å²) in [6.45, 7) is 0. The monoisotopic (exact) mass is 354 g/mol. The van der Waals surface area contributed by atoms with E-state index in [-0.39, 0.29) is 11.5 Å². The minimum absolute atomic E-state index is 0.327. The van der Waals surface area contributed by atoms with Crippen molar-refractivity contribution in [1.29, 1.82) is 0 Å². The third-order valence-corrected chi connectivity index (χ3v) is 3.94. The zero-order valence-electron chi connectivity index (χ0n) is 12.9. The Balaban J connectivity index is 2.06. The van der Waals surface area contributed by atoms with E-state index in [1.807, 2.05) is 0 Å². The van der Waals surface area contributed by atoms with Gasteiger partial charge in [-0.2, -0.15) is 0 Å². The van der Waals surface area contributed by atoms with Gasteiger partial charge >= 0.3 is 11.9 Å². The number of aliphatic carboxylic acids is 1. The standard InChI is InChI=1S/C16H18O9/c17-9-3-1-8(5-10(9)18)2-4-13(20)25-12-7-16(24,15(22)23)6-11(19)14(12)21/h1-5,11-12,14,17-19,21,24H,6-7H2,(H,22,23)/b4-2+/t11?,12-,14?,16?/m0/s1. The Bertz CT molecular complexity index is 699. The normalized spacial score (nSPS) is 29.5. The van der Waals surface area contributed by atoms with E-state index in [0.717, 1.165) is 6.08 Å². The fourth-order valence-corrected chi connectivity index (χ4v) is 2.53. The summed E-state index contributed by atoms with van der Waals surface area (Å²) in [5.74, 6) is -3.24. The molecule has 25 heavy (non-hydrogen) atoms. The van der Waals surface area contributed by atoms with Crippen LogP contribution >= 0.6 is 0 Å². The molecule has 1 fully saturated rings. The van der Waals surface area contributed by atoms with Crippen LogP contribution in [0.1, 0.15) is 18.4 Å². The maximum absolute atomic E-state index is 11.8. The van der Waals surface area contributed by atoms with Crippen LogP contribution in [0, 0.1) is 0 Å². The van der Waals surface area contributed by atoms with E-state index < -0.39 is 48.7 Å². The number of benzene rings is 1. The van der Waals surface area contributed by atoms with Crippen molar-refractivity contribution in [3.05, 3.63) is 29.8 Å². The SMILES string of the molecule is O=C(/C=C/c1ccc(O)c(O)c1)O[C@H]1CC(O)(C(=O)O)CC(O)C1O. The summed E-state index contributed by atoms with van der Waals surface area (Å²) in [7, 11) is 0. The number of carboxylic acid groups (broad SMARTS) is 1. The molecular formula is C16H18O9. The van der Waals surface area contributed by atoms with Gasteiger partial charge in [0.25, 0.3) is 0 Å². The summed E-state index contributed by atoms with van der Waals surface area (Å²) in [6, 6.07) is 3.83. The largest absolute Gasteiger partial charge is 0.504 e. The molecule has 0 saturated heterocycles.